The molecule has 3 heteroatoms. The van der Waals surface area contributed by atoms with Gasteiger partial charge in [-0.2, -0.15) is 0 Å². The van der Waals surface area contributed by atoms with Crippen molar-refractivity contribution in [3.05, 3.63) is 42.0 Å². The Kier molecular flexibility index (Phi) is 12.2. The number of nitrogens with two attached hydrogens (primary N) is 2. The van der Waals surface area contributed by atoms with E-state index in [1.807, 2.05) is 26.1 Å². The summed E-state index contributed by atoms with van der Waals surface area (Å²) in [5.41, 5.74) is 11.9. The van der Waals surface area contributed by atoms with Crippen LogP contribution in [0.25, 0.3) is 0 Å². The molecule has 1 aromatic rings. The van der Waals surface area contributed by atoms with E-state index in [1.165, 1.54) is 11.8 Å². The van der Waals surface area contributed by atoms with Gasteiger partial charge in [0.2, 0.25) is 0 Å². The fraction of sp³-hybridized carbons (Fsp3) is 0.462. The fourth-order valence-electron chi connectivity index (χ4n) is 0.717. The van der Waals surface area contributed by atoms with Gasteiger partial charge in [-0.15, -0.1) is 0 Å². The van der Waals surface area contributed by atoms with Crippen molar-refractivity contribution >= 4 is 0 Å². The zero-order valence-electron chi connectivity index (χ0n) is 11.1. The van der Waals surface area contributed by atoms with Crippen LogP contribution < -0.4 is 11.5 Å². The van der Waals surface area contributed by atoms with Crippen LogP contribution in [-0.2, 0) is 0 Å². The fourth-order valence-corrected chi connectivity index (χ4v) is 0.717. The Morgan fingerprint density at radius 1 is 1.38 bits per heavy atom. The van der Waals surface area contributed by atoms with Crippen LogP contribution in [0.2, 0.25) is 0 Å². The summed E-state index contributed by atoms with van der Waals surface area (Å²) in [6.07, 6.45) is 5.07. The highest BCUT2D eigenvalue weighted by Crippen LogP contribution is 2.10. The van der Waals surface area contributed by atoms with E-state index < -0.39 is 0 Å². The highest BCUT2D eigenvalue weighted by atomic mass is 14.6. The number of hydrogen-bond donors (Lipinski definition) is 2. The molecule has 0 saturated heterocycles. The van der Waals surface area contributed by atoms with Crippen LogP contribution in [0.3, 0.4) is 0 Å². The molecule has 1 aromatic heterocycles. The summed E-state index contributed by atoms with van der Waals surface area (Å²) >= 11 is 0. The summed E-state index contributed by atoms with van der Waals surface area (Å²) in [5.74, 6) is 0.596. The van der Waals surface area contributed by atoms with E-state index in [0.717, 1.165) is 0 Å². The first-order chi connectivity index (χ1) is 7.57. The van der Waals surface area contributed by atoms with Gasteiger partial charge in [0, 0.05) is 24.3 Å². The third-order valence-electron chi connectivity index (χ3n) is 1.61. The van der Waals surface area contributed by atoms with E-state index in [4.69, 9.17) is 11.5 Å². The van der Waals surface area contributed by atoms with Gasteiger partial charge in [0.05, 0.1) is 0 Å². The van der Waals surface area contributed by atoms with Crippen LogP contribution in [-0.4, -0.2) is 4.98 Å². The maximum atomic E-state index is 5.03. The molecular weight excluding hydrogens is 198 g/mol. The number of pyridine rings is 1. The monoisotopic (exact) mass is 223 g/mol. The SMILES string of the molecule is C/C(N)=C/N.CC.CC(C)c1cccnc1. The number of aromatic nitrogens is 1. The van der Waals surface area contributed by atoms with Crippen molar-refractivity contribution in [2.45, 2.75) is 40.5 Å². The van der Waals surface area contributed by atoms with Crippen LogP contribution in [0.15, 0.2) is 36.4 Å². The van der Waals surface area contributed by atoms with Crippen molar-refractivity contribution in [3.8, 4) is 0 Å². The lowest BCUT2D eigenvalue weighted by molar-refractivity contribution is 0.858. The van der Waals surface area contributed by atoms with Crippen molar-refractivity contribution in [2.75, 3.05) is 0 Å². The lowest BCUT2D eigenvalue weighted by atomic mass is 10.1. The van der Waals surface area contributed by atoms with Gasteiger partial charge in [-0.05, 0) is 24.5 Å². The molecule has 0 spiro atoms. The summed E-state index contributed by atoms with van der Waals surface area (Å²) in [5, 5.41) is 0. The quantitative estimate of drug-likeness (QED) is 0.769. The molecule has 0 aliphatic heterocycles. The van der Waals surface area contributed by atoms with Gasteiger partial charge in [0.1, 0.15) is 0 Å². The van der Waals surface area contributed by atoms with Gasteiger partial charge in [-0.3, -0.25) is 4.98 Å². The minimum atomic E-state index is 0.596. The Hall–Kier alpha value is -1.51. The normalized spacial score (nSPS) is 9.75. The Morgan fingerprint density at radius 3 is 2.06 bits per heavy atom. The minimum absolute atomic E-state index is 0.596. The molecule has 0 aromatic carbocycles. The third-order valence-corrected chi connectivity index (χ3v) is 1.61. The lowest BCUT2D eigenvalue weighted by Crippen LogP contribution is -1.93. The second kappa shape index (κ2) is 11.6. The van der Waals surface area contributed by atoms with Crippen molar-refractivity contribution in [2.24, 2.45) is 11.5 Å². The number of hydrogen-bond acceptors (Lipinski definition) is 3. The molecular formula is C13H25N3. The minimum Gasteiger partial charge on any atom is -0.403 e. The zero-order valence-corrected chi connectivity index (χ0v) is 11.1. The first-order valence-corrected chi connectivity index (χ1v) is 5.61. The van der Waals surface area contributed by atoms with Crippen LogP contribution >= 0.6 is 0 Å². The second-order valence-corrected chi connectivity index (χ2v) is 3.35. The summed E-state index contributed by atoms with van der Waals surface area (Å²) < 4.78 is 0. The van der Waals surface area contributed by atoms with Gasteiger partial charge in [0.25, 0.3) is 0 Å². The van der Waals surface area contributed by atoms with E-state index in [0.29, 0.717) is 11.6 Å². The van der Waals surface area contributed by atoms with Gasteiger partial charge in [-0.25, -0.2) is 0 Å². The third kappa shape index (κ3) is 10.6. The van der Waals surface area contributed by atoms with E-state index in [1.54, 1.807) is 13.1 Å². The second-order valence-electron chi connectivity index (χ2n) is 3.35. The molecule has 4 N–H and O–H groups in total. The maximum Gasteiger partial charge on any atom is 0.0302 e. The average Bonchev–Trinajstić information content (AvgIpc) is 2.33. The molecule has 0 saturated carbocycles. The van der Waals surface area contributed by atoms with Crippen LogP contribution in [0.5, 0.6) is 0 Å². The van der Waals surface area contributed by atoms with Crippen LogP contribution in [0, 0.1) is 0 Å². The molecule has 0 radical (unpaired) electrons. The average molecular weight is 223 g/mol. The van der Waals surface area contributed by atoms with Crippen LogP contribution in [0.1, 0.15) is 46.1 Å². The number of allylic oxidation sites excluding steroid dienone is 1. The molecule has 0 unspecified atom stereocenters. The Bertz CT molecular complexity index is 262. The number of nitrogens with zero attached hydrogens (tertiary/aromatic N) is 1. The molecule has 0 fully saturated rings. The number of rotatable bonds is 1. The summed E-state index contributed by atoms with van der Waals surface area (Å²) in [7, 11) is 0. The van der Waals surface area contributed by atoms with E-state index >= 15 is 0 Å². The van der Waals surface area contributed by atoms with E-state index in [-0.39, 0.29) is 0 Å². The largest absolute Gasteiger partial charge is 0.403 e. The van der Waals surface area contributed by atoms with Crippen molar-refractivity contribution < 1.29 is 0 Å². The Balaban J connectivity index is 0. The van der Waals surface area contributed by atoms with Gasteiger partial charge in [0.15, 0.2) is 0 Å². The van der Waals surface area contributed by atoms with Gasteiger partial charge < -0.3 is 11.5 Å². The molecule has 0 bridgehead atoms. The zero-order chi connectivity index (χ0) is 13.0. The highest BCUT2D eigenvalue weighted by molar-refractivity contribution is 5.12. The molecule has 16 heavy (non-hydrogen) atoms. The molecule has 0 aliphatic rings. The topological polar surface area (TPSA) is 64.9 Å². The molecule has 1 rings (SSSR count). The van der Waals surface area contributed by atoms with Crippen molar-refractivity contribution in [1.29, 1.82) is 0 Å². The Labute approximate surface area is 99.6 Å². The van der Waals surface area contributed by atoms with Crippen molar-refractivity contribution in [3.63, 3.8) is 0 Å². The molecule has 92 valence electrons. The molecule has 1 heterocycles. The van der Waals surface area contributed by atoms with Crippen LogP contribution in [0.4, 0.5) is 0 Å². The molecule has 3 nitrogen and oxygen atoms in total. The summed E-state index contributed by atoms with van der Waals surface area (Å²) in [6.45, 7) is 10.1. The highest BCUT2D eigenvalue weighted by Gasteiger charge is 1.94. The first-order valence-electron chi connectivity index (χ1n) is 5.61. The van der Waals surface area contributed by atoms with Gasteiger partial charge in [-0.1, -0.05) is 33.8 Å². The predicted octanol–water partition coefficient (Wildman–Crippen LogP) is 3.00. The summed E-state index contributed by atoms with van der Waals surface area (Å²) in [6, 6.07) is 4.06. The maximum absolute atomic E-state index is 5.03. The summed E-state index contributed by atoms with van der Waals surface area (Å²) in [4.78, 5) is 4.01. The molecule has 0 atom stereocenters. The smallest absolute Gasteiger partial charge is 0.0302 e. The molecule has 0 aliphatic carbocycles. The standard InChI is InChI=1S/C8H11N.C3H8N2.C2H6/c1-7(2)8-4-3-5-9-6-8;1-3(5)2-4;1-2/h3-7H,1-2H3;2H,4-5H2,1H3;1-2H3/b;3-2-;. The van der Waals surface area contributed by atoms with E-state index in [9.17, 15) is 0 Å². The van der Waals surface area contributed by atoms with Gasteiger partial charge >= 0.3 is 0 Å². The Morgan fingerprint density at radius 2 is 1.88 bits per heavy atom. The lowest BCUT2D eigenvalue weighted by Gasteiger charge is -2.00. The van der Waals surface area contributed by atoms with E-state index in [2.05, 4.69) is 24.9 Å². The molecule has 0 amide bonds. The first kappa shape index (κ1) is 16.9. The predicted molar refractivity (Wildman–Crippen MR) is 71.8 cm³/mol. The van der Waals surface area contributed by atoms with Crippen molar-refractivity contribution in [1.82, 2.24) is 4.98 Å².